The summed E-state index contributed by atoms with van der Waals surface area (Å²) < 4.78 is 6.07. The van der Waals surface area contributed by atoms with Crippen molar-refractivity contribution in [2.75, 3.05) is 20.2 Å². The highest BCUT2D eigenvalue weighted by atomic mass is 16.5. The molecule has 1 aliphatic heterocycles. The van der Waals surface area contributed by atoms with E-state index in [1.165, 1.54) is 17.7 Å². The van der Waals surface area contributed by atoms with Gasteiger partial charge in [-0.3, -0.25) is 14.4 Å². The summed E-state index contributed by atoms with van der Waals surface area (Å²) in [5, 5.41) is 0. The average Bonchev–Trinajstić information content (AvgIpc) is 2.89. The van der Waals surface area contributed by atoms with Gasteiger partial charge in [0.25, 0.3) is 11.5 Å². The fourth-order valence-electron chi connectivity index (χ4n) is 2.17. The maximum Gasteiger partial charge on any atom is 0.310 e. The van der Waals surface area contributed by atoms with Crippen LogP contribution in [-0.4, -0.2) is 41.5 Å². The Hall–Kier alpha value is -2.11. The minimum Gasteiger partial charge on any atom is -0.469 e. The third-order valence-electron chi connectivity index (χ3n) is 3.36. The second-order valence-electron chi connectivity index (χ2n) is 4.62. The van der Waals surface area contributed by atoms with Crippen LogP contribution < -0.4 is 5.56 Å². The zero-order chi connectivity index (χ0) is 14.0. The Kier molecular flexibility index (Phi) is 3.69. The summed E-state index contributed by atoms with van der Waals surface area (Å²) in [5.41, 5.74) is 0.128. The highest BCUT2D eigenvalue weighted by Gasteiger charge is 2.32. The topological polar surface area (TPSA) is 68.6 Å². The van der Waals surface area contributed by atoms with Gasteiger partial charge >= 0.3 is 5.97 Å². The third kappa shape index (κ3) is 2.67. The number of esters is 1. The van der Waals surface area contributed by atoms with Crippen molar-refractivity contribution in [3.05, 3.63) is 34.2 Å². The second kappa shape index (κ2) is 5.26. The van der Waals surface area contributed by atoms with Crippen molar-refractivity contribution in [2.45, 2.75) is 6.42 Å². The molecule has 1 amide bonds. The van der Waals surface area contributed by atoms with Gasteiger partial charge in [0.2, 0.25) is 0 Å². The van der Waals surface area contributed by atoms with E-state index >= 15 is 0 Å². The van der Waals surface area contributed by atoms with Gasteiger partial charge in [0.1, 0.15) is 0 Å². The molecule has 19 heavy (non-hydrogen) atoms. The number of amides is 1. The van der Waals surface area contributed by atoms with Crippen LogP contribution >= 0.6 is 0 Å². The highest BCUT2D eigenvalue weighted by molar-refractivity contribution is 5.94. The quantitative estimate of drug-likeness (QED) is 0.706. The van der Waals surface area contributed by atoms with Gasteiger partial charge in [0.05, 0.1) is 13.0 Å². The number of aryl methyl sites for hydroxylation is 1. The molecule has 2 rings (SSSR count). The minimum absolute atomic E-state index is 0.218. The molecule has 0 spiro atoms. The smallest absolute Gasteiger partial charge is 0.310 e. The molecule has 6 heteroatoms. The van der Waals surface area contributed by atoms with E-state index in [0.717, 1.165) is 0 Å². The lowest BCUT2D eigenvalue weighted by Crippen LogP contribution is -2.31. The first-order chi connectivity index (χ1) is 9.02. The number of hydrogen-bond donors (Lipinski definition) is 0. The van der Waals surface area contributed by atoms with E-state index in [1.54, 1.807) is 24.2 Å². The van der Waals surface area contributed by atoms with Gasteiger partial charge in [-0.05, 0) is 12.5 Å². The number of ether oxygens (including phenoxy) is 1. The second-order valence-corrected chi connectivity index (χ2v) is 4.62. The molecule has 2 heterocycles. The van der Waals surface area contributed by atoms with Gasteiger partial charge in [0, 0.05) is 38.0 Å². The predicted octanol–water partition coefficient (Wildman–Crippen LogP) is 0.0204. The summed E-state index contributed by atoms with van der Waals surface area (Å²) in [6, 6.07) is 2.92. The molecule has 1 aromatic rings. The van der Waals surface area contributed by atoms with Gasteiger partial charge < -0.3 is 14.2 Å². The first kappa shape index (κ1) is 13.3. The normalized spacial score (nSPS) is 18.4. The number of nitrogens with zero attached hydrogens (tertiary/aromatic N) is 2. The van der Waals surface area contributed by atoms with Crippen LogP contribution in [0.5, 0.6) is 0 Å². The van der Waals surface area contributed by atoms with Crippen LogP contribution in [0.2, 0.25) is 0 Å². The van der Waals surface area contributed by atoms with Crippen LogP contribution in [0.25, 0.3) is 0 Å². The van der Waals surface area contributed by atoms with E-state index in [-0.39, 0.29) is 23.4 Å². The Labute approximate surface area is 110 Å². The van der Waals surface area contributed by atoms with E-state index in [9.17, 15) is 14.4 Å². The van der Waals surface area contributed by atoms with Crippen LogP contribution in [0.15, 0.2) is 23.1 Å². The van der Waals surface area contributed by atoms with Crippen LogP contribution in [-0.2, 0) is 16.6 Å². The number of aromatic nitrogens is 1. The van der Waals surface area contributed by atoms with E-state index in [4.69, 9.17) is 0 Å². The summed E-state index contributed by atoms with van der Waals surface area (Å²) in [6.07, 6.45) is 2.16. The lowest BCUT2D eigenvalue weighted by Gasteiger charge is -2.16. The Morgan fingerprint density at radius 2 is 2.16 bits per heavy atom. The highest BCUT2D eigenvalue weighted by Crippen LogP contribution is 2.19. The molecule has 1 unspecified atom stereocenters. The summed E-state index contributed by atoms with van der Waals surface area (Å²) in [7, 11) is 2.97. The van der Waals surface area contributed by atoms with Gasteiger partial charge in [-0.15, -0.1) is 0 Å². The molecule has 0 aliphatic carbocycles. The molecule has 1 fully saturated rings. The summed E-state index contributed by atoms with van der Waals surface area (Å²) in [6.45, 7) is 0.856. The first-order valence-electron chi connectivity index (χ1n) is 6.06. The monoisotopic (exact) mass is 264 g/mol. The number of pyridine rings is 1. The lowest BCUT2D eigenvalue weighted by molar-refractivity contribution is -0.144. The Morgan fingerprint density at radius 1 is 1.42 bits per heavy atom. The van der Waals surface area contributed by atoms with E-state index in [2.05, 4.69) is 4.74 Å². The van der Waals surface area contributed by atoms with Crippen molar-refractivity contribution in [1.82, 2.24) is 9.47 Å². The molecular weight excluding hydrogens is 248 g/mol. The van der Waals surface area contributed by atoms with Gasteiger partial charge in [0.15, 0.2) is 0 Å². The van der Waals surface area contributed by atoms with Crippen molar-refractivity contribution >= 4 is 11.9 Å². The number of rotatable bonds is 2. The van der Waals surface area contributed by atoms with Crippen LogP contribution in [0.1, 0.15) is 16.8 Å². The zero-order valence-electron chi connectivity index (χ0n) is 11.0. The Balaban J connectivity index is 2.11. The van der Waals surface area contributed by atoms with Crippen molar-refractivity contribution in [3.8, 4) is 0 Å². The van der Waals surface area contributed by atoms with E-state index in [1.807, 2.05) is 0 Å². The largest absolute Gasteiger partial charge is 0.469 e. The summed E-state index contributed by atoms with van der Waals surface area (Å²) in [5.74, 6) is -0.774. The number of carbonyl (C=O) groups is 2. The molecule has 0 bridgehead atoms. The maximum atomic E-state index is 12.2. The van der Waals surface area contributed by atoms with Gasteiger partial charge in [-0.2, -0.15) is 0 Å². The van der Waals surface area contributed by atoms with Crippen molar-refractivity contribution in [3.63, 3.8) is 0 Å². The number of likely N-dealkylation sites (tertiary alicyclic amines) is 1. The van der Waals surface area contributed by atoms with E-state index < -0.39 is 0 Å². The van der Waals surface area contributed by atoms with Crippen molar-refractivity contribution in [1.29, 1.82) is 0 Å². The molecule has 0 N–H and O–H groups in total. The molecule has 0 aromatic carbocycles. The molecule has 0 radical (unpaired) electrons. The maximum absolute atomic E-state index is 12.2. The number of methoxy groups -OCH3 is 1. The van der Waals surface area contributed by atoms with Crippen LogP contribution in [0.4, 0.5) is 0 Å². The summed E-state index contributed by atoms with van der Waals surface area (Å²) in [4.78, 5) is 36.7. The van der Waals surface area contributed by atoms with E-state index in [0.29, 0.717) is 25.1 Å². The van der Waals surface area contributed by atoms with Gasteiger partial charge in [-0.25, -0.2) is 0 Å². The SMILES string of the molecule is COC(=O)C1CCN(C(=O)c2ccn(C)c(=O)c2)C1. The fourth-order valence-corrected chi connectivity index (χ4v) is 2.17. The molecule has 6 nitrogen and oxygen atoms in total. The van der Waals surface area contributed by atoms with Crippen molar-refractivity contribution in [2.24, 2.45) is 13.0 Å². The average molecular weight is 264 g/mol. The Morgan fingerprint density at radius 3 is 2.79 bits per heavy atom. The minimum atomic E-state index is -0.292. The van der Waals surface area contributed by atoms with Crippen LogP contribution in [0.3, 0.4) is 0 Å². The molecule has 1 aliphatic rings. The number of carbonyl (C=O) groups excluding carboxylic acids is 2. The third-order valence-corrected chi connectivity index (χ3v) is 3.36. The molecular formula is C13H16N2O4. The van der Waals surface area contributed by atoms with Gasteiger partial charge in [-0.1, -0.05) is 0 Å². The van der Waals surface area contributed by atoms with Crippen LogP contribution in [0, 0.1) is 5.92 Å². The predicted molar refractivity (Wildman–Crippen MR) is 67.7 cm³/mol. The molecule has 0 saturated carbocycles. The molecule has 102 valence electrons. The molecule has 1 atom stereocenters. The molecule has 1 saturated heterocycles. The lowest BCUT2D eigenvalue weighted by atomic mass is 10.1. The molecule has 1 aromatic heterocycles. The summed E-state index contributed by atoms with van der Waals surface area (Å²) >= 11 is 0. The first-order valence-corrected chi connectivity index (χ1v) is 6.06. The van der Waals surface area contributed by atoms with Crippen molar-refractivity contribution < 1.29 is 14.3 Å². The Bertz CT molecular complexity index is 564. The zero-order valence-corrected chi connectivity index (χ0v) is 11.0. The fraction of sp³-hybridized carbons (Fsp3) is 0.462. The standard InChI is InChI=1S/C13H16N2O4/c1-14-5-3-9(7-11(14)16)12(17)15-6-4-10(8-15)13(18)19-2/h3,5,7,10H,4,6,8H2,1-2H3. The number of hydrogen-bond acceptors (Lipinski definition) is 4.